The van der Waals surface area contributed by atoms with Crippen molar-refractivity contribution in [2.75, 3.05) is 31.5 Å². The molecule has 2 amide bonds. The Morgan fingerprint density at radius 1 is 0.966 bits per heavy atom. The first kappa shape index (κ1) is 19.5. The van der Waals surface area contributed by atoms with Crippen LogP contribution in [0.4, 0.5) is 14.5 Å². The Balaban J connectivity index is 1.35. The first-order chi connectivity index (χ1) is 14.0. The second-order valence-corrected chi connectivity index (χ2v) is 7.71. The van der Waals surface area contributed by atoms with Crippen molar-refractivity contribution in [1.82, 2.24) is 9.80 Å². The topological polar surface area (TPSA) is 52.7 Å². The summed E-state index contributed by atoms with van der Waals surface area (Å²) in [4.78, 5) is 29.7. The van der Waals surface area contributed by atoms with E-state index in [0.717, 1.165) is 25.7 Å². The second-order valence-electron chi connectivity index (χ2n) is 7.71. The highest BCUT2D eigenvalue weighted by molar-refractivity contribution is 6.13. The van der Waals surface area contributed by atoms with Crippen molar-refractivity contribution < 1.29 is 18.4 Å². The maximum absolute atomic E-state index is 13.8. The molecule has 0 aromatic heterocycles. The van der Waals surface area contributed by atoms with E-state index in [1.807, 2.05) is 18.2 Å². The summed E-state index contributed by atoms with van der Waals surface area (Å²) in [6, 6.07) is 13.1. The van der Waals surface area contributed by atoms with E-state index < -0.39 is 23.0 Å². The molecule has 1 saturated carbocycles. The summed E-state index contributed by atoms with van der Waals surface area (Å²) in [5.41, 5.74) is -0.00241. The van der Waals surface area contributed by atoms with Crippen molar-refractivity contribution in [3.63, 3.8) is 0 Å². The smallest absolute Gasteiger partial charge is 0.240 e. The third-order valence-electron chi connectivity index (χ3n) is 5.68. The van der Waals surface area contributed by atoms with E-state index >= 15 is 0 Å². The molecule has 2 aliphatic rings. The highest BCUT2D eigenvalue weighted by Crippen LogP contribution is 2.48. The molecule has 4 rings (SSSR count). The number of anilines is 1. The van der Waals surface area contributed by atoms with Crippen molar-refractivity contribution in [2.24, 2.45) is 5.41 Å². The molecule has 152 valence electrons. The van der Waals surface area contributed by atoms with Gasteiger partial charge in [-0.15, -0.1) is 0 Å². The Morgan fingerprint density at radius 3 is 2.28 bits per heavy atom. The fraction of sp³-hybridized carbons (Fsp3) is 0.364. The van der Waals surface area contributed by atoms with Crippen molar-refractivity contribution >= 4 is 17.5 Å². The number of benzene rings is 2. The molecule has 7 heteroatoms. The molecule has 1 aliphatic heterocycles. The van der Waals surface area contributed by atoms with Crippen molar-refractivity contribution in [3.8, 4) is 0 Å². The molecule has 2 aromatic carbocycles. The fourth-order valence-corrected chi connectivity index (χ4v) is 3.75. The van der Waals surface area contributed by atoms with E-state index in [9.17, 15) is 18.4 Å². The first-order valence-electron chi connectivity index (χ1n) is 9.80. The number of hydrogen-bond donors (Lipinski definition) is 1. The summed E-state index contributed by atoms with van der Waals surface area (Å²) in [5.74, 6) is -2.28. The number of hydrogen-bond acceptors (Lipinski definition) is 3. The van der Waals surface area contributed by atoms with Gasteiger partial charge in [0.25, 0.3) is 0 Å². The van der Waals surface area contributed by atoms with Crippen LogP contribution >= 0.6 is 0 Å². The highest BCUT2D eigenvalue weighted by atomic mass is 19.1. The Hall–Kier alpha value is -2.80. The zero-order valence-corrected chi connectivity index (χ0v) is 16.0. The van der Waals surface area contributed by atoms with Crippen LogP contribution in [0.25, 0.3) is 0 Å². The molecule has 5 nitrogen and oxygen atoms in total. The van der Waals surface area contributed by atoms with E-state index in [4.69, 9.17) is 0 Å². The minimum absolute atomic E-state index is 0.108. The fourth-order valence-electron chi connectivity index (χ4n) is 3.75. The summed E-state index contributed by atoms with van der Waals surface area (Å²) >= 11 is 0. The number of halogens is 2. The summed E-state index contributed by atoms with van der Waals surface area (Å²) in [6.45, 7) is 3.44. The van der Waals surface area contributed by atoms with Crippen LogP contribution in [-0.4, -0.2) is 47.8 Å². The molecule has 0 unspecified atom stereocenters. The molecule has 1 heterocycles. The van der Waals surface area contributed by atoms with Crippen molar-refractivity contribution in [2.45, 2.75) is 19.4 Å². The number of carbonyl (C=O) groups is 2. The average molecular weight is 399 g/mol. The lowest BCUT2D eigenvalue weighted by Gasteiger charge is -2.36. The minimum atomic E-state index is -1.12. The number of piperazine rings is 1. The lowest BCUT2D eigenvalue weighted by Crippen LogP contribution is -2.52. The lowest BCUT2D eigenvalue weighted by atomic mass is 10.0. The van der Waals surface area contributed by atoms with Crippen LogP contribution in [-0.2, 0) is 16.1 Å². The quantitative estimate of drug-likeness (QED) is 0.787. The molecule has 2 aromatic rings. The maximum Gasteiger partial charge on any atom is 0.240 e. The Kier molecular flexibility index (Phi) is 5.32. The van der Waals surface area contributed by atoms with Crippen LogP contribution < -0.4 is 5.32 Å². The third kappa shape index (κ3) is 4.15. The predicted octanol–water partition coefficient (Wildman–Crippen LogP) is 3.03. The van der Waals surface area contributed by atoms with Gasteiger partial charge < -0.3 is 10.2 Å². The number of rotatable bonds is 5. The number of nitrogens with one attached hydrogen (secondary N) is 1. The molecule has 0 spiro atoms. The lowest BCUT2D eigenvalue weighted by molar-refractivity contribution is -0.143. The zero-order chi connectivity index (χ0) is 20.4. The van der Waals surface area contributed by atoms with Gasteiger partial charge in [0.2, 0.25) is 11.8 Å². The molecule has 29 heavy (non-hydrogen) atoms. The number of carbonyl (C=O) groups excluding carboxylic acids is 2. The molecule has 0 bridgehead atoms. The van der Waals surface area contributed by atoms with Crippen molar-refractivity contribution in [3.05, 3.63) is 65.7 Å². The van der Waals surface area contributed by atoms with E-state index in [1.165, 1.54) is 11.6 Å². The molecule has 1 N–H and O–H groups in total. The first-order valence-corrected chi connectivity index (χ1v) is 9.80. The molecule has 0 radical (unpaired) electrons. The van der Waals surface area contributed by atoms with Gasteiger partial charge in [0, 0.05) is 38.8 Å². The summed E-state index contributed by atoms with van der Waals surface area (Å²) in [7, 11) is 0. The Bertz CT molecular complexity index is 908. The summed E-state index contributed by atoms with van der Waals surface area (Å²) in [5, 5.41) is 2.46. The van der Waals surface area contributed by atoms with Crippen LogP contribution in [0.15, 0.2) is 48.5 Å². The van der Waals surface area contributed by atoms with E-state index in [0.29, 0.717) is 32.0 Å². The monoisotopic (exact) mass is 399 g/mol. The molecule has 1 saturated heterocycles. The summed E-state index contributed by atoms with van der Waals surface area (Å²) < 4.78 is 26.9. The van der Waals surface area contributed by atoms with Crippen LogP contribution in [0.3, 0.4) is 0 Å². The van der Waals surface area contributed by atoms with Gasteiger partial charge in [-0.25, -0.2) is 8.78 Å². The molecular formula is C22H23F2N3O2. The van der Waals surface area contributed by atoms with Gasteiger partial charge in [-0.05, 0) is 30.5 Å². The second kappa shape index (κ2) is 7.91. The Labute approximate surface area is 168 Å². The standard InChI is InChI=1S/C22H23F2N3O2/c23-17-6-7-19(18(24)14-17)25-20(28)22(8-9-22)21(29)27-12-10-26(11-13-27)15-16-4-2-1-3-5-16/h1-7,14H,8-13,15H2,(H,25,28). The molecule has 1 aliphatic carbocycles. The maximum atomic E-state index is 13.8. The van der Waals surface area contributed by atoms with Gasteiger partial charge >= 0.3 is 0 Å². The van der Waals surface area contributed by atoms with Gasteiger partial charge in [0.1, 0.15) is 17.0 Å². The molecule has 0 atom stereocenters. The van der Waals surface area contributed by atoms with Gasteiger partial charge in [-0.1, -0.05) is 30.3 Å². The van der Waals surface area contributed by atoms with Crippen LogP contribution in [0.1, 0.15) is 18.4 Å². The SMILES string of the molecule is O=C(Nc1ccc(F)cc1F)C1(C(=O)N2CCN(Cc3ccccc3)CC2)CC1. The van der Waals surface area contributed by atoms with E-state index in [-0.39, 0.29) is 11.6 Å². The van der Waals surface area contributed by atoms with Crippen LogP contribution in [0.5, 0.6) is 0 Å². The summed E-state index contributed by atoms with van der Waals surface area (Å²) in [6.07, 6.45) is 0.898. The average Bonchev–Trinajstić information content (AvgIpc) is 3.53. The van der Waals surface area contributed by atoms with Gasteiger partial charge in [-0.3, -0.25) is 14.5 Å². The molecule has 2 fully saturated rings. The number of amides is 2. The van der Waals surface area contributed by atoms with E-state index in [1.54, 1.807) is 4.90 Å². The Morgan fingerprint density at radius 2 is 1.66 bits per heavy atom. The zero-order valence-electron chi connectivity index (χ0n) is 16.0. The van der Waals surface area contributed by atoms with Gasteiger partial charge in [-0.2, -0.15) is 0 Å². The minimum Gasteiger partial charge on any atom is -0.339 e. The predicted molar refractivity (Wildman–Crippen MR) is 105 cm³/mol. The van der Waals surface area contributed by atoms with Gasteiger partial charge in [0.15, 0.2) is 0 Å². The van der Waals surface area contributed by atoms with Crippen molar-refractivity contribution in [1.29, 1.82) is 0 Å². The molecular weight excluding hydrogens is 376 g/mol. The van der Waals surface area contributed by atoms with Crippen LogP contribution in [0.2, 0.25) is 0 Å². The highest BCUT2D eigenvalue weighted by Gasteiger charge is 2.58. The van der Waals surface area contributed by atoms with E-state index in [2.05, 4.69) is 22.3 Å². The normalized spacial score (nSPS) is 18.3. The number of nitrogens with zero attached hydrogens (tertiary/aromatic N) is 2. The third-order valence-corrected chi connectivity index (χ3v) is 5.68. The van der Waals surface area contributed by atoms with Gasteiger partial charge in [0.05, 0.1) is 5.69 Å². The van der Waals surface area contributed by atoms with Crippen LogP contribution in [0, 0.1) is 17.0 Å². The largest absolute Gasteiger partial charge is 0.339 e.